The van der Waals surface area contributed by atoms with Crippen molar-refractivity contribution >= 4 is 27.9 Å². The summed E-state index contributed by atoms with van der Waals surface area (Å²) >= 11 is 7.52. The van der Waals surface area contributed by atoms with Crippen molar-refractivity contribution in [2.24, 2.45) is 5.73 Å². The molecule has 1 saturated heterocycles. The fourth-order valence-electron chi connectivity index (χ4n) is 1.59. The van der Waals surface area contributed by atoms with Crippen molar-refractivity contribution in [3.63, 3.8) is 0 Å². The van der Waals surface area contributed by atoms with E-state index in [1.54, 1.807) is 11.3 Å². The predicted molar refractivity (Wildman–Crippen MR) is 58.8 cm³/mol. The molecular formula is C9H13ClN2S. The molecule has 2 N–H and O–H groups in total. The van der Waals surface area contributed by atoms with Gasteiger partial charge < -0.3 is 10.6 Å². The molecule has 0 amide bonds. The second-order valence-corrected chi connectivity index (χ2v) is 5.10. The number of hydrogen-bond donors (Lipinski definition) is 1. The number of nitrogens with zero attached hydrogens (tertiary/aromatic N) is 1. The van der Waals surface area contributed by atoms with Crippen LogP contribution < -0.4 is 10.6 Å². The van der Waals surface area contributed by atoms with Gasteiger partial charge in [0, 0.05) is 19.1 Å². The number of anilines is 1. The largest absolute Gasteiger partial charge is 0.363 e. The zero-order valence-electron chi connectivity index (χ0n) is 7.37. The third-order valence-corrected chi connectivity index (χ3v) is 3.70. The molecule has 2 rings (SSSR count). The van der Waals surface area contributed by atoms with Crippen LogP contribution in [0, 0.1) is 0 Å². The molecule has 0 unspecified atom stereocenters. The highest BCUT2D eigenvalue weighted by Gasteiger charge is 2.17. The minimum absolute atomic E-state index is 0.395. The Kier molecular flexibility index (Phi) is 2.77. The van der Waals surface area contributed by atoms with Crippen molar-refractivity contribution in [1.29, 1.82) is 0 Å². The first-order chi connectivity index (χ1) is 6.25. The maximum absolute atomic E-state index is 5.88. The Morgan fingerprint density at radius 3 is 2.62 bits per heavy atom. The molecular weight excluding hydrogens is 204 g/mol. The normalized spacial score (nSPS) is 19.4. The number of nitrogens with two attached hydrogens (primary N) is 1. The molecule has 0 saturated carbocycles. The van der Waals surface area contributed by atoms with Crippen molar-refractivity contribution in [3.05, 3.63) is 16.5 Å². The average molecular weight is 217 g/mol. The Balaban J connectivity index is 2.02. The van der Waals surface area contributed by atoms with Crippen LogP contribution in [0.2, 0.25) is 4.34 Å². The first-order valence-corrected chi connectivity index (χ1v) is 5.71. The molecule has 1 fully saturated rings. The van der Waals surface area contributed by atoms with Gasteiger partial charge in [-0.3, -0.25) is 0 Å². The highest BCUT2D eigenvalue weighted by Crippen LogP contribution is 2.30. The van der Waals surface area contributed by atoms with Gasteiger partial charge in [-0.1, -0.05) is 11.6 Å². The van der Waals surface area contributed by atoms with E-state index in [9.17, 15) is 0 Å². The van der Waals surface area contributed by atoms with Crippen molar-refractivity contribution in [2.75, 3.05) is 18.0 Å². The van der Waals surface area contributed by atoms with Gasteiger partial charge in [0.1, 0.15) is 0 Å². The van der Waals surface area contributed by atoms with Gasteiger partial charge in [0.25, 0.3) is 0 Å². The van der Waals surface area contributed by atoms with Crippen molar-refractivity contribution in [2.45, 2.75) is 18.9 Å². The Bertz CT molecular complexity index is 279. The Labute approximate surface area is 87.3 Å². The molecule has 0 spiro atoms. The smallest absolute Gasteiger partial charge is 0.0950 e. The van der Waals surface area contributed by atoms with Crippen LogP contribution in [-0.4, -0.2) is 19.1 Å². The average Bonchev–Trinajstić information content (AvgIpc) is 2.53. The summed E-state index contributed by atoms with van der Waals surface area (Å²) in [7, 11) is 0. The maximum Gasteiger partial charge on any atom is 0.0950 e. The molecule has 1 aromatic rings. The van der Waals surface area contributed by atoms with Crippen LogP contribution in [0.15, 0.2) is 12.1 Å². The van der Waals surface area contributed by atoms with Crippen molar-refractivity contribution in [1.82, 2.24) is 0 Å². The van der Waals surface area contributed by atoms with Crippen LogP contribution in [0.1, 0.15) is 12.8 Å². The van der Waals surface area contributed by atoms with E-state index in [4.69, 9.17) is 17.3 Å². The quantitative estimate of drug-likeness (QED) is 0.781. The van der Waals surface area contributed by atoms with E-state index >= 15 is 0 Å². The zero-order chi connectivity index (χ0) is 9.26. The van der Waals surface area contributed by atoms with E-state index in [0.717, 1.165) is 30.3 Å². The molecule has 1 aliphatic rings. The summed E-state index contributed by atoms with van der Waals surface area (Å²) in [5.74, 6) is 0. The van der Waals surface area contributed by atoms with E-state index in [-0.39, 0.29) is 0 Å². The number of rotatable bonds is 1. The molecule has 2 heterocycles. The lowest BCUT2D eigenvalue weighted by Gasteiger charge is -2.30. The van der Waals surface area contributed by atoms with Crippen LogP contribution >= 0.6 is 22.9 Å². The number of halogens is 1. The lowest BCUT2D eigenvalue weighted by molar-refractivity contribution is 0.503. The van der Waals surface area contributed by atoms with Crippen LogP contribution in [0.3, 0.4) is 0 Å². The van der Waals surface area contributed by atoms with Gasteiger partial charge in [-0.25, -0.2) is 0 Å². The van der Waals surface area contributed by atoms with Gasteiger partial charge in [-0.15, -0.1) is 11.3 Å². The highest BCUT2D eigenvalue weighted by atomic mass is 35.5. The third-order valence-electron chi connectivity index (χ3n) is 2.41. The van der Waals surface area contributed by atoms with E-state index in [0.29, 0.717) is 6.04 Å². The molecule has 4 heteroatoms. The number of hydrogen-bond acceptors (Lipinski definition) is 3. The fraction of sp³-hybridized carbons (Fsp3) is 0.556. The first-order valence-electron chi connectivity index (χ1n) is 4.51. The predicted octanol–water partition coefficient (Wildman–Crippen LogP) is 2.33. The summed E-state index contributed by atoms with van der Waals surface area (Å²) in [6.07, 6.45) is 2.19. The van der Waals surface area contributed by atoms with E-state index < -0.39 is 0 Å². The van der Waals surface area contributed by atoms with Crippen molar-refractivity contribution in [3.8, 4) is 0 Å². The van der Waals surface area contributed by atoms with Gasteiger partial charge in [0.2, 0.25) is 0 Å². The molecule has 0 radical (unpaired) electrons. The minimum Gasteiger partial charge on any atom is -0.363 e. The molecule has 13 heavy (non-hydrogen) atoms. The van der Waals surface area contributed by atoms with Crippen LogP contribution in [-0.2, 0) is 0 Å². The Morgan fingerprint density at radius 2 is 2.08 bits per heavy atom. The van der Waals surface area contributed by atoms with E-state index in [1.807, 2.05) is 6.07 Å². The van der Waals surface area contributed by atoms with Crippen molar-refractivity contribution < 1.29 is 0 Å². The topological polar surface area (TPSA) is 29.3 Å². The molecule has 2 nitrogen and oxygen atoms in total. The van der Waals surface area contributed by atoms with Gasteiger partial charge >= 0.3 is 0 Å². The Morgan fingerprint density at radius 1 is 1.38 bits per heavy atom. The molecule has 0 atom stereocenters. The summed E-state index contributed by atoms with van der Waals surface area (Å²) in [5.41, 5.74) is 5.83. The standard InChI is InChI=1S/C9H13ClN2S/c10-8-1-2-9(13-8)12-5-3-7(11)4-6-12/h1-2,7H,3-6,11H2. The third kappa shape index (κ3) is 2.16. The Hall–Kier alpha value is -0.250. The van der Waals surface area contributed by atoms with Gasteiger partial charge in [-0.05, 0) is 25.0 Å². The summed E-state index contributed by atoms with van der Waals surface area (Å²) in [6.45, 7) is 2.13. The summed E-state index contributed by atoms with van der Waals surface area (Å²) < 4.78 is 0.866. The maximum atomic E-state index is 5.88. The highest BCUT2D eigenvalue weighted by molar-refractivity contribution is 7.19. The first kappa shape index (κ1) is 9.31. The van der Waals surface area contributed by atoms with Crippen LogP contribution in [0.25, 0.3) is 0 Å². The summed E-state index contributed by atoms with van der Waals surface area (Å²) in [6, 6.07) is 4.44. The molecule has 1 aromatic heterocycles. The minimum atomic E-state index is 0.395. The molecule has 1 aliphatic heterocycles. The summed E-state index contributed by atoms with van der Waals surface area (Å²) in [5, 5.41) is 1.27. The SMILES string of the molecule is NC1CCN(c2ccc(Cl)s2)CC1. The second kappa shape index (κ2) is 3.86. The van der Waals surface area contributed by atoms with Crippen LogP contribution in [0.5, 0.6) is 0 Å². The number of thiophene rings is 1. The van der Waals surface area contributed by atoms with Crippen LogP contribution in [0.4, 0.5) is 5.00 Å². The van der Waals surface area contributed by atoms with Gasteiger partial charge in [-0.2, -0.15) is 0 Å². The lowest BCUT2D eigenvalue weighted by Crippen LogP contribution is -2.39. The fourth-order valence-corrected chi connectivity index (χ4v) is 2.68. The molecule has 0 aliphatic carbocycles. The second-order valence-electron chi connectivity index (χ2n) is 3.40. The zero-order valence-corrected chi connectivity index (χ0v) is 8.94. The van der Waals surface area contributed by atoms with Gasteiger partial charge in [0.15, 0.2) is 0 Å². The monoisotopic (exact) mass is 216 g/mol. The molecule has 0 aromatic carbocycles. The molecule has 72 valence electrons. The lowest BCUT2D eigenvalue weighted by atomic mass is 10.1. The van der Waals surface area contributed by atoms with E-state index in [2.05, 4.69) is 11.0 Å². The molecule has 0 bridgehead atoms. The van der Waals surface area contributed by atoms with Gasteiger partial charge in [0.05, 0.1) is 9.34 Å². The number of piperidine rings is 1. The van der Waals surface area contributed by atoms with E-state index in [1.165, 1.54) is 5.00 Å². The summed E-state index contributed by atoms with van der Waals surface area (Å²) in [4.78, 5) is 2.36.